The second-order valence-corrected chi connectivity index (χ2v) is 5.44. The van der Waals surface area contributed by atoms with Gasteiger partial charge < -0.3 is 14.8 Å². The summed E-state index contributed by atoms with van der Waals surface area (Å²) in [4.78, 5) is 11.8. The fourth-order valence-electron chi connectivity index (χ4n) is 1.70. The van der Waals surface area contributed by atoms with Gasteiger partial charge in [-0.15, -0.1) is 0 Å². The maximum absolute atomic E-state index is 11.8. The molecule has 102 valence electrons. The van der Waals surface area contributed by atoms with Gasteiger partial charge in [-0.1, -0.05) is 6.92 Å². The first-order chi connectivity index (χ1) is 8.54. The van der Waals surface area contributed by atoms with E-state index in [1.54, 1.807) is 23.9 Å². The largest absolute Gasteiger partial charge is 0.467 e. The Bertz CT molecular complexity index is 353. The molecule has 0 bridgehead atoms. The van der Waals surface area contributed by atoms with Crippen LogP contribution in [-0.4, -0.2) is 29.1 Å². The standard InChI is InChI=1S/C13H21NO3S/c1-9(8-18-3)13(16)14-10(2)7-11(15)12-5-4-6-17-12/h4-6,9-11,15H,7-8H2,1-3H3,(H,14,16). The van der Waals surface area contributed by atoms with E-state index in [2.05, 4.69) is 5.32 Å². The van der Waals surface area contributed by atoms with Crippen molar-refractivity contribution < 1.29 is 14.3 Å². The molecule has 1 aromatic heterocycles. The maximum Gasteiger partial charge on any atom is 0.223 e. The van der Waals surface area contributed by atoms with Gasteiger partial charge in [-0.3, -0.25) is 4.79 Å². The Balaban J connectivity index is 2.37. The van der Waals surface area contributed by atoms with Crippen molar-refractivity contribution in [1.82, 2.24) is 5.32 Å². The van der Waals surface area contributed by atoms with Crippen LogP contribution in [0.15, 0.2) is 22.8 Å². The van der Waals surface area contributed by atoms with Crippen LogP contribution in [-0.2, 0) is 4.79 Å². The molecule has 0 aromatic carbocycles. The van der Waals surface area contributed by atoms with E-state index in [-0.39, 0.29) is 17.9 Å². The van der Waals surface area contributed by atoms with E-state index in [1.807, 2.05) is 20.1 Å². The lowest BCUT2D eigenvalue weighted by Gasteiger charge is -2.19. The zero-order chi connectivity index (χ0) is 13.5. The Hall–Kier alpha value is -0.940. The first kappa shape index (κ1) is 15.1. The molecule has 0 saturated heterocycles. The van der Waals surface area contributed by atoms with Crippen LogP contribution in [0, 0.1) is 5.92 Å². The van der Waals surface area contributed by atoms with Crippen LogP contribution in [0.5, 0.6) is 0 Å². The Morgan fingerprint density at radius 3 is 2.83 bits per heavy atom. The van der Waals surface area contributed by atoms with Crippen molar-refractivity contribution in [3.05, 3.63) is 24.2 Å². The van der Waals surface area contributed by atoms with Crippen molar-refractivity contribution in [3.63, 3.8) is 0 Å². The summed E-state index contributed by atoms with van der Waals surface area (Å²) < 4.78 is 5.12. The number of thioether (sulfide) groups is 1. The smallest absolute Gasteiger partial charge is 0.223 e. The predicted molar refractivity (Wildman–Crippen MR) is 73.4 cm³/mol. The Labute approximate surface area is 112 Å². The number of furan rings is 1. The number of hydrogen-bond acceptors (Lipinski definition) is 4. The number of nitrogens with one attached hydrogen (secondary N) is 1. The van der Waals surface area contributed by atoms with Crippen molar-refractivity contribution in [2.24, 2.45) is 5.92 Å². The van der Waals surface area contributed by atoms with Gasteiger partial charge in [0.05, 0.1) is 6.26 Å². The molecular weight excluding hydrogens is 250 g/mol. The second-order valence-electron chi connectivity index (χ2n) is 4.53. The highest BCUT2D eigenvalue weighted by Crippen LogP contribution is 2.18. The summed E-state index contributed by atoms with van der Waals surface area (Å²) >= 11 is 1.65. The number of aliphatic hydroxyl groups is 1. The van der Waals surface area contributed by atoms with E-state index < -0.39 is 6.10 Å². The fourth-order valence-corrected chi connectivity index (χ4v) is 2.35. The van der Waals surface area contributed by atoms with E-state index in [0.717, 1.165) is 5.75 Å². The normalized spacial score (nSPS) is 16.0. The Morgan fingerprint density at radius 2 is 2.28 bits per heavy atom. The van der Waals surface area contributed by atoms with Gasteiger partial charge in [0.1, 0.15) is 11.9 Å². The van der Waals surface area contributed by atoms with Gasteiger partial charge >= 0.3 is 0 Å². The lowest BCUT2D eigenvalue weighted by molar-refractivity contribution is -0.124. The van der Waals surface area contributed by atoms with Crippen molar-refractivity contribution in [2.75, 3.05) is 12.0 Å². The molecule has 4 nitrogen and oxygen atoms in total. The van der Waals surface area contributed by atoms with Crippen molar-refractivity contribution >= 4 is 17.7 Å². The molecule has 0 saturated carbocycles. The SMILES string of the molecule is CSCC(C)C(=O)NC(C)CC(O)c1ccco1. The molecule has 0 spiro atoms. The number of carbonyl (C=O) groups excluding carboxylic acids is 1. The summed E-state index contributed by atoms with van der Waals surface area (Å²) in [5.41, 5.74) is 0. The molecule has 18 heavy (non-hydrogen) atoms. The Kier molecular flexibility index (Phi) is 6.29. The molecule has 3 unspecified atom stereocenters. The van der Waals surface area contributed by atoms with Gasteiger partial charge in [-0.2, -0.15) is 11.8 Å². The number of hydrogen-bond donors (Lipinski definition) is 2. The minimum atomic E-state index is -0.675. The summed E-state index contributed by atoms with van der Waals surface area (Å²) in [5, 5.41) is 12.8. The lowest BCUT2D eigenvalue weighted by Crippen LogP contribution is -2.37. The third-order valence-corrected chi connectivity index (χ3v) is 3.53. The topological polar surface area (TPSA) is 62.5 Å². The molecule has 1 heterocycles. The summed E-state index contributed by atoms with van der Waals surface area (Å²) in [7, 11) is 0. The zero-order valence-corrected chi connectivity index (χ0v) is 11.9. The quantitative estimate of drug-likeness (QED) is 0.798. The monoisotopic (exact) mass is 271 g/mol. The number of rotatable bonds is 7. The maximum atomic E-state index is 11.8. The van der Waals surface area contributed by atoms with Crippen LogP contribution in [0.25, 0.3) is 0 Å². The van der Waals surface area contributed by atoms with Gasteiger partial charge in [0.15, 0.2) is 0 Å². The molecule has 3 atom stereocenters. The Morgan fingerprint density at radius 1 is 1.56 bits per heavy atom. The van der Waals surface area contributed by atoms with Crippen LogP contribution >= 0.6 is 11.8 Å². The van der Waals surface area contributed by atoms with Crippen molar-refractivity contribution in [3.8, 4) is 0 Å². The molecular formula is C13H21NO3S. The first-order valence-corrected chi connectivity index (χ1v) is 7.44. The highest BCUT2D eigenvalue weighted by molar-refractivity contribution is 7.98. The highest BCUT2D eigenvalue weighted by atomic mass is 32.2. The molecule has 1 amide bonds. The van der Waals surface area contributed by atoms with E-state index in [1.165, 1.54) is 6.26 Å². The molecule has 0 aliphatic rings. The van der Waals surface area contributed by atoms with Gasteiger partial charge in [-0.25, -0.2) is 0 Å². The van der Waals surface area contributed by atoms with E-state index >= 15 is 0 Å². The van der Waals surface area contributed by atoms with E-state index in [4.69, 9.17) is 4.42 Å². The van der Waals surface area contributed by atoms with Gasteiger partial charge in [-0.05, 0) is 25.3 Å². The summed E-state index contributed by atoms with van der Waals surface area (Å²) in [6.07, 6.45) is 3.28. The van der Waals surface area contributed by atoms with Crippen molar-refractivity contribution in [1.29, 1.82) is 0 Å². The minimum absolute atomic E-state index is 0.0109. The van der Waals surface area contributed by atoms with Crippen LogP contribution in [0.3, 0.4) is 0 Å². The first-order valence-electron chi connectivity index (χ1n) is 6.05. The van der Waals surface area contributed by atoms with Gasteiger partial charge in [0.25, 0.3) is 0 Å². The van der Waals surface area contributed by atoms with E-state index in [9.17, 15) is 9.90 Å². The molecule has 0 radical (unpaired) electrons. The molecule has 0 aliphatic carbocycles. The molecule has 1 aromatic rings. The average Bonchev–Trinajstić information content (AvgIpc) is 2.82. The molecule has 2 N–H and O–H groups in total. The van der Waals surface area contributed by atoms with Crippen molar-refractivity contribution in [2.45, 2.75) is 32.4 Å². The average molecular weight is 271 g/mol. The second kappa shape index (κ2) is 7.48. The van der Waals surface area contributed by atoms with Crippen LogP contribution in [0.1, 0.15) is 32.1 Å². The summed E-state index contributed by atoms with van der Waals surface area (Å²) in [6.45, 7) is 3.79. The van der Waals surface area contributed by atoms with Gasteiger partial charge in [0, 0.05) is 24.1 Å². The third kappa shape index (κ3) is 4.74. The molecule has 1 rings (SSSR count). The summed E-state index contributed by atoms with van der Waals surface area (Å²) in [5.74, 6) is 1.36. The van der Waals surface area contributed by atoms with Crippen LogP contribution in [0.2, 0.25) is 0 Å². The lowest BCUT2D eigenvalue weighted by atomic mass is 10.1. The van der Waals surface area contributed by atoms with Gasteiger partial charge in [0.2, 0.25) is 5.91 Å². The number of carbonyl (C=O) groups is 1. The third-order valence-electron chi connectivity index (χ3n) is 2.70. The number of aliphatic hydroxyl groups excluding tert-OH is 1. The predicted octanol–water partition coefficient (Wildman–Crippen LogP) is 2.21. The minimum Gasteiger partial charge on any atom is -0.467 e. The van der Waals surface area contributed by atoms with Crippen LogP contribution in [0.4, 0.5) is 0 Å². The molecule has 5 heteroatoms. The number of amides is 1. The van der Waals surface area contributed by atoms with E-state index in [0.29, 0.717) is 12.2 Å². The summed E-state index contributed by atoms with van der Waals surface area (Å²) in [6, 6.07) is 3.39. The van der Waals surface area contributed by atoms with Crippen LogP contribution < -0.4 is 5.32 Å². The highest BCUT2D eigenvalue weighted by Gasteiger charge is 2.18. The molecule has 0 fully saturated rings. The zero-order valence-electron chi connectivity index (χ0n) is 11.1. The fraction of sp³-hybridized carbons (Fsp3) is 0.615. The molecule has 0 aliphatic heterocycles.